The lowest BCUT2D eigenvalue weighted by molar-refractivity contribution is -0.141. The van der Waals surface area contributed by atoms with Gasteiger partial charge < -0.3 is 5.73 Å². The molecular formula is C14H19N3O2S2. The van der Waals surface area contributed by atoms with E-state index in [9.17, 15) is 9.59 Å². The molecule has 1 aliphatic heterocycles. The van der Waals surface area contributed by atoms with Crippen molar-refractivity contribution in [3.05, 3.63) is 5.69 Å². The van der Waals surface area contributed by atoms with Crippen LogP contribution in [0, 0.1) is 6.92 Å². The van der Waals surface area contributed by atoms with Crippen LogP contribution >= 0.6 is 23.1 Å². The third-order valence-corrected chi connectivity index (χ3v) is 6.58. The number of rotatable bonds is 3. The average Bonchev–Trinajstić information content (AvgIpc) is 2.91. The fraction of sp³-hybridized carbons (Fsp3) is 0.643. The largest absolute Gasteiger partial charge is 0.375 e. The maximum Gasteiger partial charge on any atom is 0.243 e. The number of hydrogen-bond donors (Lipinski definition) is 1. The zero-order chi connectivity index (χ0) is 15.0. The van der Waals surface area contributed by atoms with Gasteiger partial charge in [0.25, 0.3) is 0 Å². The van der Waals surface area contributed by atoms with Crippen LogP contribution in [0.1, 0.15) is 44.2 Å². The van der Waals surface area contributed by atoms with Crippen LogP contribution in [0.15, 0.2) is 4.21 Å². The second-order valence-corrected chi connectivity index (χ2v) is 8.13. The van der Waals surface area contributed by atoms with E-state index in [1.54, 1.807) is 0 Å². The van der Waals surface area contributed by atoms with E-state index >= 15 is 0 Å². The zero-order valence-corrected chi connectivity index (χ0v) is 13.6. The molecule has 114 valence electrons. The van der Waals surface area contributed by atoms with Crippen LogP contribution in [-0.2, 0) is 9.59 Å². The first kappa shape index (κ1) is 14.8. The number of amides is 2. The predicted molar refractivity (Wildman–Crippen MR) is 84.3 cm³/mol. The minimum absolute atomic E-state index is 0.0143. The highest BCUT2D eigenvalue weighted by molar-refractivity contribution is 8.02. The Morgan fingerprint density at radius 3 is 2.62 bits per heavy atom. The molecule has 1 unspecified atom stereocenters. The summed E-state index contributed by atoms with van der Waals surface area (Å²) in [4.78, 5) is 30.5. The topological polar surface area (TPSA) is 76.3 Å². The molecule has 1 atom stereocenters. The van der Waals surface area contributed by atoms with Gasteiger partial charge in [-0.3, -0.25) is 14.5 Å². The molecule has 1 aliphatic carbocycles. The van der Waals surface area contributed by atoms with Crippen molar-refractivity contribution in [1.29, 1.82) is 0 Å². The highest BCUT2D eigenvalue weighted by Crippen LogP contribution is 2.39. The number of hydrogen-bond acceptors (Lipinski definition) is 6. The molecule has 1 saturated heterocycles. The smallest absolute Gasteiger partial charge is 0.243 e. The number of thiazole rings is 1. The number of carbonyl (C=O) groups is 2. The molecule has 1 aromatic rings. The van der Waals surface area contributed by atoms with Gasteiger partial charge >= 0.3 is 0 Å². The van der Waals surface area contributed by atoms with Crippen LogP contribution in [0.3, 0.4) is 0 Å². The van der Waals surface area contributed by atoms with Crippen LogP contribution in [0.4, 0.5) is 5.13 Å². The van der Waals surface area contributed by atoms with Gasteiger partial charge in [-0.25, -0.2) is 4.98 Å². The summed E-state index contributed by atoms with van der Waals surface area (Å²) in [6.07, 6.45) is 5.67. The summed E-state index contributed by atoms with van der Waals surface area (Å²) in [6, 6.07) is 0.122. The number of nitrogen functional groups attached to an aromatic ring is 1. The number of imide groups is 1. The molecule has 2 amide bonds. The number of anilines is 1. The molecule has 0 radical (unpaired) electrons. The highest BCUT2D eigenvalue weighted by Gasteiger charge is 2.43. The summed E-state index contributed by atoms with van der Waals surface area (Å²) in [6.45, 7) is 1.88. The normalized spacial score (nSPS) is 24.0. The molecule has 2 N–H and O–H groups in total. The summed E-state index contributed by atoms with van der Waals surface area (Å²) < 4.78 is 0.948. The monoisotopic (exact) mass is 325 g/mol. The van der Waals surface area contributed by atoms with Crippen molar-refractivity contribution in [2.75, 3.05) is 5.73 Å². The second-order valence-electron chi connectivity index (χ2n) is 5.63. The second kappa shape index (κ2) is 5.96. The van der Waals surface area contributed by atoms with Crippen molar-refractivity contribution in [2.45, 2.75) is 60.9 Å². The first-order valence-electron chi connectivity index (χ1n) is 7.31. The van der Waals surface area contributed by atoms with Crippen molar-refractivity contribution >= 4 is 40.0 Å². The molecule has 7 heteroatoms. The molecule has 2 aliphatic rings. The van der Waals surface area contributed by atoms with E-state index in [0.29, 0.717) is 11.6 Å². The SMILES string of the molecule is Cc1nc(N)sc1SC1CC(=O)N(C2CCCCC2)C1=O. The number of carbonyl (C=O) groups excluding carboxylic acids is 2. The average molecular weight is 325 g/mol. The van der Waals surface area contributed by atoms with Crippen molar-refractivity contribution in [1.82, 2.24) is 9.88 Å². The molecule has 2 fully saturated rings. The Kier molecular flexibility index (Phi) is 4.21. The molecular weight excluding hydrogens is 306 g/mol. The third-order valence-electron chi connectivity index (χ3n) is 4.10. The fourth-order valence-electron chi connectivity index (χ4n) is 3.08. The summed E-state index contributed by atoms with van der Waals surface area (Å²) in [7, 11) is 0. The Labute approximate surface area is 132 Å². The van der Waals surface area contributed by atoms with Gasteiger partial charge in [-0.15, -0.1) is 0 Å². The number of thioether (sulfide) groups is 1. The lowest BCUT2D eigenvalue weighted by Crippen LogP contribution is -2.41. The molecule has 21 heavy (non-hydrogen) atoms. The molecule has 0 spiro atoms. The Morgan fingerprint density at radius 2 is 2.00 bits per heavy atom. The first-order valence-corrected chi connectivity index (χ1v) is 9.01. The van der Waals surface area contributed by atoms with Crippen molar-refractivity contribution in [3.63, 3.8) is 0 Å². The Morgan fingerprint density at radius 1 is 1.29 bits per heavy atom. The van der Waals surface area contributed by atoms with E-state index in [1.807, 2.05) is 6.92 Å². The van der Waals surface area contributed by atoms with Gasteiger partial charge in [-0.05, 0) is 19.8 Å². The summed E-state index contributed by atoms with van der Waals surface area (Å²) in [5.41, 5.74) is 6.54. The lowest BCUT2D eigenvalue weighted by atomic mass is 9.94. The molecule has 2 heterocycles. The molecule has 3 rings (SSSR count). The minimum atomic E-state index is -0.307. The first-order chi connectivity index (χ1) is 10.1. The van der Waals surface area contributed by atoms with Crippen molar-refractivity contribution < 1.29 is 9.59 Å². The van der Waals surface area contributed by atoms with Gasteiger partial charge in [-0.1, -0.05) is 42.4 Å². The van der Waals surface area contributed by atoms with Crippen LogP contribution < -0.4 is 5.73 Å². The number of aryl methyl sites for hydroxylation is 1. The standard InChI is InChI=1S/C14H19N3O2S2/c1-8-13(21-14(15)16-8)20-10-7-11(18)17(12(10)19)9-5-3-2-4-6-9/h9-10H,2-7H2,1H3,(H2,15,16). The maximum absolute atomic E-state index is 12.6. The quantitative estimate of drug-likeness (QED) is 0.864. The van der Waals surface area contributed by atoms with Crippen LogP contribution in [-0.4, -0.2) is 33.0 Å². The number of likely N-dealkylation sites (tertiary alicyclic amines) is 1. The molecule has 5 nitrogen and oxygen atoms in total. The number of aromatic nitrogens is 1. The van der Waals surface area contributed by atoms with Gasteiger partial charge in [-0.2, -0.15) is 0 Å². The van der Waals surface area contributed by atoms with Crippen LogP contribution in [0.2, 0.25) is 0 Å². The highest BCUT2D eigenvalue weighted by atomic mass is 32.2. The number of nitrogens with zero attached hydrogens (tertiary/aromatic N) is 2. The van der Waals surface area contributed by atoms with Gasteiger partial charge in [0.1, 0.15) is 0 Å². The molecule has 0 aromatic carbocycles. The molecule has 0 bridgehead atoms. The van der Waals surface area contributed by atoms with E-state index in [-0.39, 0.29) is 23.1 Å². The molecule has 1 saturated carbocycles. The van der Waals surface area contributed by atoms with Crippen LogP contribution in [0.25, 0.3) is 0 Å². The Balaban J connectivity index is 1.72. The summed E-state index contributed by atoms with van der Waals surface area (Å²) >= 11 is 2.83. The molecule has 1 aromatic heterocycles. The summed E-state index contributed by atoms with van der Waals surface area (Å²) in [5, 5.41) is 0.203. The number of nitrogens with two attached hydrogens (primary N) is 1. The van der Waals surface area contributed by atoms with E-state index in [1.165, 1.54) is 34.4 Å². The maximum atomic E-state index is 12.6. The minimum Gasteiger partial charge on any atom is -0.375 e. The van der Waals surface area contributed by atoms with Crippen molar-refractivity contribution in [3.8, 4) is 0 Å². The van der Waals surface area contributed by atoms with Gasteiger partial charge in [0, 0.05) is 12.5 Å². The van der Waals surface area contributed by atoms with Gasteiger partial charge in [0.15, 0.2) is 5.13 Å². The third kappa shape index (κ3) is 2.94. The predicted octanol–water partition coefficient (Wildman–Crippen LogP) is 2.59. The Bertz CT molecular complexity index is 567. The van der Waals surface area contributed by atoms with Crippen LogP contribution in [0.5, 0.6) is 0 Å². The van der Waals surface area contributed by atoms with E-state index in [2.05, 4.69) is 4.98 Å². The summed E-state index contributed by atoms with van der Waals surface area (Å²) in [5.74, 6) is -0.0391. The van der Waals surface area contributed by atoms with Gasteiger partial charge in [0.2, 0.25) is 11.8 Å². The van der Waals surface area contributed by atoms with E-state index in [4.69, 9.17) is 5.73 Å². The Hall–Kier alpha value is -1.08. The van der Waals surface area contributed by atoms with Gasteiger partial charge in [0.05, 0.1) is 15.2 Å². The van der Waals surface area contributed by atoms with Crippen molar-refractivity contribution in [2.24, 2.45) is 0 Å². The van der Waals surface area contributed by atoms with E-state index < -0.39 is 0 Å². The zero-order valence-electron chi connectivity index (χ0n) is 12.0. The fourth-order valence-corrected chi connectivity index (χ4v) is 5.36. The lowest BCUT2D eigenvalue weighted by Gasteiger charge is -2.29. The van der Waals surface area contributed by atoms with E-state index in [0.717, 1.165) is 35.6 Å².